The van der Waals surface area contributed by atoms with Gasteiger partial charge in [-0.05, 0) is 36.8 Å². The number of amides is 1. The third-order valence-electron chi connectivity index (χ3n) is 6.52. The standard InChI is InChI=1S/C20H22ClFN6O2.C5H10O2/c1-9(2)14-11(15-12(21)7-24-19(23)27-15)6-13(22)16-17(14)26-18(25-16)10-4-5-28(8-10)20(29)30-3;6-5-2-1-3-7-4-5/h6-7,9-10H,4-5,8H2,1-3H3,(H,25,26)(H2,23,24,27);5-6H,1-4H2. The fourth-order valence-corrected chi connectivity index (χ4v) is 4.92. The minimum atomic E-state index is -0.483. The zero-order chi connectivity index (χ0) is 26.7. The third kappa shape index (κ3) is 5.94. The number of imidazole rings is 1. The molecule has 2 unspecified atom stereocenters. The number of ether oxygens (including phenoxy) is 2. The first-order valence-electron chi connectivity index (χ1n) is 12.3. The van der Waals surface area contributed by atoms with Crippen LogP contribution in [0.4, 0.5) is 15.1 Å². The molecule has 2 saturated heterocycles. The Morgan fingerprint density at radius 2 is 2.16 bits per heavy atom. The minimum Gasteiger partial charge on any atom is -0.453 e. The predicted octanol–water partition coefficient (Wildman–Crippen LogP) is 4.23. The molecule has 5 rings (SSSR count). The number of nitrogens with one attached hydrogen (secondary N) is 1. The first-order valence-corrected chi connectivity index (χ1v) is 12.7. The number of halogens is 2. The van der Waals surface area contributed by atoms with Gasteiger partial charge >= 0.3 is 6.09 Å². The molecule has 1 aromatic carbocycles. The van der Waals surface area contributed by atoms with Crippen molar-refractivity contribution >= 4 is 34.7 Å². The molecule has 2 aliphatic rings. The molecule has 0 spiro atoms. The number of aliphatic hydroxyl groups is 1. The van der Waals surface area contributed by atoms with Crippen LogP contribution < -0.4 is 5.73 Å². The summed E-state index contributed by atoms with van der Waals surface area (Å²) in [5, 5.41) is 9.07. The summed E-state index contributed by atoms with van der Waals surface area (Å²) in [4.78, 5) is 29.4. The molecular weight excluding hydrogens is 503 g/mol. The van der Waals surface area contributed by atoms with Crippen molar-refractivity contribution in [3.05, 3.63) is 34.5 Å². The van der Waals surface area contributed by atoms with Crippen molar-refractivity contribution in [2.75, 3.05) is 39.1 Å². The predicted molar refractivity (Wildman–Crippen MR) is 138 cm³/mol. The molecule has 0 bridgehead atoms. The number of benzene rings is 1. The molecule has 0 aliphatic carbocycles. The second kappa shape index (κ2) is 11.6. The number of carbonyl (C=O) groups excluding carboxylic acids is 1. The fraction of sp³-hybridized carbons (Fsp3) is 0.520. The molecule has 10 nitrogen and oxygen atoms in total. The van der Waals surface area contributed by atoms with Gasteiger partial charge in [-0.2, -0.15) is 0 Å². The minimum absolute atomic E-state index is 0.0267. The maximum absolute atomic E-state index is 15.1. The lowest BCUT2D eigenvalue weighted by molar-refractivity contribution is -0.00535. The number of carbonyl (C=O) groups is 1. The highest BCUT2D eigenvalue weighted by Crippen LogP contribution is 2.39. The van der Waals surface area contributed by atoms with E-state index in [9.17, 15) is 4.79 Å². The number of aromatic amines is 1. The molecule has 0 saturated carbocycles. The molecule has 200 valence electrons. The van der Waals surface area contributed by atoms with E-state index in [-0.39, 0.29) is 40.5 Å². The van der Waals surface area contributed by atoms with E-state index in [1.54, 1.807) is 4.90 Å². The van der Waals surface area contributed by atoms with Gasteiger partial charge in [0.2, 0.25) is 5.95 Å². The van der Waals surface area contributed by atoms with E-state index in [0.717, 1.165) is 25.0 Å². The summed E-state index contributed by atoms with van der Waals surface area (Å²) >= 11 is 6.30. The second-order valence-corrected chi connectivity index (χ2v) is 9.92. The summed E-state index contributed by atoms with van der Waals surface area (Å²) in [5.74, 6) is 0.214. The van der Waals surface area contributed by atoms with Gasteiger partial charge in [-0.25, -0.2) is 24.1 Å². The first-order chi connectivity index (χ1) is 17.7. The van der Waals surface area contributed by atoms with Crippen molar-refractivity contribution in [2.24, 2.45) is 0 Å². The Balaban J connectivity index is 0.000000396. The molecule has 1 amide bonds. The van der Waals surface area contributed by atoms with Crippen molar-refractivity contribution in [3.8, 4) is 11.3 Å². The summed E-state index contributed by atoms with van der Waals surface area (Å²) in [7, 11) is 1.35. The number of fused-ring (bicyclic) bond motifs is 1. The van der Waals surface area contributed by atoms with Gasteiger partial charge in [0.05, 0.1) is 42.3 Å². The molecular formula is C25H32ClFN6O4. The number of rotatable bonds is 3. The molecule has 12 heteroatoms. The molecule has 2 fully saturated rings. The Bertz CT molecular complexity index is 1260. The van der Waals surface area contributed by atoms with Crippen molar-refractivity contribution < 1.29 is 23.8 Å². The molecule has 3 aromatic rings. The zero-order valence-electron chi connectivity index (χ0n) is 21.1. The van der Waals surface area contributed by atoms with Crippen molar-refractivity contribution in [1.82, 2.24) is 24.8 Å². The lowest BCUT2D eigenvalue weighted by Gasteiger charge is -2.15. The van der Waals surface area contributed by atoms with Gasteiger partial charge in [-0.3, -0.25) is 0 Å². The summed E-state index contributed by atoms with van der Waals surface area (Å²) in [6.07, 6.45) is 3.49. The number of nitrogens with zero attached hydrogens (tertiary/aromatic N) is 4. The number of likely N-dealkylation sites (tertiary alicyclic amines) is 1. The van der Waals surface area contributed by atoms with Gasteiger partial charge < -0.3 is 30.2 Å². The molecule has 4 N–H and O–H groups in total. The monoisotopic (exact) mass is 534 g/mol. The Labute approximate surface area is 219 Å². The normalized spacial score (nSPS) is 19.7. The molecule has 2 aliphatic heterocycles. The number of hydrogen-bond donors (Lipinski definition) is 3. The van der Waals surface area contributed by atoms with Crippen LogP contribution in [0.15, 0.2) is 12.3 Å². The third-order valence-corrected chi connectivity index (χ3v) is 6.79. The van der Waals surface area contributed by atoms with Crippen LogP contribution >= 0.6 is 11.6 Å². The van der Waals surface area contributed by atoms with Crippen molar-refractivity contribution in [1.29, 1.82) is 0 Å². The van der Waals surface area contributed by atoms with Crippen LogP contribution in [0.2, 0.25) is 5.02 Å². The summed E-state index contributed by atoms with van der Waals surface area (Å²) in [5.41, 5.74) is 8.36. The average Bonchev–Trinajstić information content (AvgIpc) is 3.54. The number of methoxy groups -OCH3 is 1. The highest BCUT2D eigenvalue weighted by molar-refractivity contribution is 6.33. The summed E-state index contributed by atoms with van der Waals surface area (Å²) < 4.78 is 24.8. The van der Waals surface area contributed by atoms with E-state index in [2.05, 4.69) is 19.9 Å². The van der Waals surface area contributed by atoms with Crippen LogP contribution in [-0.2, 0) is 9.47 Å². The summed E-state index contributed by atoms with van der Waals surface area (Å²) in [6.45, 7) is 6.41. The van der Waals surface area contributed by atoms with E-state index in [1.165, 1.54) is 19.4 Å². The number of aliphatic hydroxyl groups excluding tert-OH is 1. The van der Waals surface area contributed by atoms with Gasteiger partial charge in [0, 0.05) is 31.2 Å². The molecule has 2 aromatic heterocycles. The Kier molecular flexibility index (Phi) is 8.46. The molecule has 2 atom stereocenters. The lowest BCUT2D eigenvalue weighted by Crippen LogP contribution is -2.28. The van der Waals surface area contributed by atoms with Crippen molar-refractivity contribution in [3.63, 3.8) is 0 Å². The van der Waals surface area contributed by atoms with Crippen LogP contribution in [-0.4, -0.2) is 75.6 Å². The Morgan fingerprint density at radius 1 is 1.38 bits per heavy atom. The Hall–Kier alpha value is -3.02. The quantitative estimate of drug-likeness (QED) is 0.453. The van der Waals surface area contributed by atoms with Crippen LogP contribution in [0.1, 0.15) is 56.3 Å². The van der Waals surface area contributed by atoms with Gasteiger partial charge in [0.1, 0.15) is 11.3 Å². The Morgan fingerprint density at radius 3 is 2.78 bits per heavy atom. The van der Waals surface area contributed by atoms with Gasteiger partial charge in [0.15, 0.2) is 5.82 Å². The summed E-state index contributed by atoms with van der Waals surface area (Å²) in [6, 6.07) is 1.39. The molecule has 37 heavy (non-hydrogen) atoms. The van der Waals surface area contributed by atoms with Crippen molar-refractivity contribution in [2.45, 2.75) is 51.0 Å². The fourth-order valence-electron chi connectivity index (χ4n) is 4.73. The van der Waals surface area contributed by atoms with Crippen LogP contribution in [0.5, 0.6) is 0 Å². The van der Waals surface area contributed by atoms with E-state index in [0.29, 0.717) is 48.7 Å². The zero-order valence-corrected chi connectivity index (χ0v) is 21.9. The average molecular weight is 535 g/mol. The van der Waals surface area contributed by atoms with E-state index >= 15 is 4.39 Å². The maximum atomic E-state index is 15.1. The number of nitrogen functional groups attached to an aromatic ring is 1. The number of nitrogens with two attached hydrogens (primary N) is 1. The smallest absolute Gasteiger partial charge is 0.409 e. The maximum Gasteiger partial charge on any atom is 0.409 e. The highest BCUT2D eigenvalue weighted by atomic mass is 35.5. The molecule has 0 radical (unpaired) electrons. The number of hydrogen-bond acceptors (Lipinski definition) is 8. The van der Waals surface area contributed by atoms with E-state index < -0.39 is 5.82 Å². The topological polar surface area (TPSA) is 139 Å². The lowest BCUT2D eigenvalue weighted by atomic mass is 9.93. The van der Waals surface area contributed by atoms with Gasteiger partial charge in [0.25, 0.3) is 0 Å². The molecule has 4 heterocycles. The number of H-pyrrole nitrogens is 1. The highest BCUT2D eigenvalue weighted by Gasteiger charge is 2.31. The van der Waals surface area contributed by atoms with Crippen LogP contribution in [0.25, 0.3) is 22.3 Å². The van der Waals surface area contributed by atoms with E-state index in [4.69, 9.17) is 31.9 Å². The van der Waals surface area contributed by atoms with E-state index in [1.807, 2.05) is 13.8 Å². The van der Waals surface area contributed by atoms with Gasteiger partial charge in [-0.1, -0.05) is 25.4 Å². The second-order valence-electron chi connectivity index (χ2n) is 9.52. The van der Waals surface area contributed by atoms with Crippen LogP contribution in [0.3, 0.4) is 0 Å². The van der Waals surface area contributed by atoms with Crippen LogP contribution in [0, 0.1) is 5.82 Å². The SMILES string of the molecule is COC(=O)N1CCC(c2nc3c(F)cc(-c4nc(N)ncc4Cl)c(C(C)C)c3[nH]2)C1.OC1CCCOC1. The number of anilines is 1. The van der Waals surface area contributed by atoms with Gasteiger partial charge in [-0.15, -0.1) is 0 Å². The largest absolute Gasteiger partial charge is 0.453 e. The number of aromatic nitrogens is 4. The first kappa shape index (κ1) is 27.0.